The van der Waals surface area contributed by atoms with Gasteiger partial charge >= 0.3 is 0 Å². The zero-order chi connectivity index (χ0) is 9.90. The van der Waals surface area contributed by atoms with Crippen LogP contribution in [-0.4, -0.2) is 15.3 Å². The predicted octanol–water partition coefficient (Wildman–Crippen LogP) is 2.95. The van der Waals surface area contributed by atoms with Crippen LogP contribution in [0.5, 0.6) is 0 Å². The Morgan fingerprint density at radius 3 is 2.62 bits per heavy atom. The van der Waals surface area contributed by atoms with Crippen molar-refractivity contribution in [2.45, 2.75) is 32.3 Å². The summed E-state index contributed by atoms with van der Waals surface area (Å²) in [6.45, 7) is 6.81. The molecule has 0 amide bonds. The maximum atomic E-state index is 4.26. The van der Waals surface area contributed by atoms with Crippen LogP contribution in [0.3, 0.4) is 0 Å². The van der Waals surface area contributed by atoms with Crippen LogP contribution in [0.25, 0.3) is 0 Å². The van der Waals surface area contributed by atoms with Crippen LogP contribution in [0.2, 0.25) is 0 Å². The molecule has 0 N–H and O–H groups in total. The lowest BCUT2D eigenvalue weighted by atomic mass is 9.94. The van der Waals surface area contributed by atoms with Gasteiger partial charge in [0.2, 0.25) is 0 Å². The summed E-state index contributed by atoms with van der Waals surface area (Å²) in [6.07, 6.45) is 5.06. The van der Waals surface area contributed by atoms with Crippen LogP contribution in [0.4, 0.5) is 0 Å². The third-order valence-corrected chi connectivity index (χ3v) is 2.92. The molecule has 0 radical (unpaired) electrons. The van der Waals surface area contributed by atoms with Crippen molar-refractivity contribution in [1.82, 2.24) is 9.55 Å². The summed E-state index contributed by atoms with van der Waals surface area (Å²) in [5.74, 6) is 1.15. The highest BCUT2D eigenvalue weighted by Crippen LogP contribution is 2.24. The highest BCUT2D eigenvalue weighted by Gasteiger charge is 2.10. The van der Waals surface area contributed by atoms with Crippen LogP contribution in [0.15, 0.2) is 17.6 Å². The molecule has 0 atom stereocenters. The minimum atomic E-state index is 0.429. The summed E-state index contributed by atoms with van der Waals surface area (Å²) in [4.78, 5) is 4.26. The molecule has 3 heteroatoms. The number of aromatic nitrogens is 2. The molecule has 0 spiro atoms. The average molecular weight is 198 g/mol. The zero-order valence-corrected chi connectivity index (χ0v) is 9.69. The van der Waals surface area contributed by atoms with Gasteiger partial charge in [-0.1, -0.05) is 32.5 Å². The second-order valence-electron chi connectivity index (χ2n) is 4.48. The van der Waals surface area contributed by atoms with Crippen LogP contribution >= 0.6 is 11.8 Å². The highest BCUT2D eigenvalue weighted by atomic mass is 32.2. The molecule has 0 fully saturated rings. The van der Waals surface area contributed by atoms with E-state index in [1.807, 2.05) is 31.2 Å². The minimum Gasteiger partial charge on any atom is -0.329 e. The second kappa shape index (κ2) is 4.18. The second-order valence-corrected chi connectivity index (χ2v) is 5.54. The van der Waals surface area contributed by atoms with Gasteiger partial charge < -0.3 is 4.57 Å². The number of imidazole rings is 1. The van der Waals surface area contributed by atoms with Crippen LogP contribution in [0.1, 0.15) is 27.2 Å². The average Bonchev–Trinajstić information content (AvgIpc) is 2.34. The molecule has 1 aromatic rings. The number of aryl methyl sites for hydroxylation is 1. The number of hydrogen-bond acceptors (Lipinski definition) is 2. The summed E-state index contributed by atoms with van der Waals surface area (Å²) in [5, 5.41) is 1.12. The van der Waals surface area contributed by atoms with E-state index in [4.69, 9.17) is 0 Å². The molecule has 74 valence electrons. The van der Waals surface area contributed by atoms with Gasteiger partial charge in [-0.3, -0.25) is 0 Å². The standard InChI is InChI=1S/C10H18N2S/c1-10(2,3)5-8-13-9-11-6-7-12(9)4/h6-7H,5,8H2,1-4H3. The van der Waals surface area contributed by atoms with Gasteiger partial charge in [0.05, 0.1) is 0 Å². The Kier molecular flexibility index (Phi) is 3.42. The summed E-state index contributed by atoms with van der Waals surface area (Å²) in [7, 11) is 2.03. The van der Waals surface area contributed by atoms with Crippen LogP contribution in [-0.2, 0) is 7.05 Å². The van der Waals surface area contributed by atoms with E-state index in [1.54, 1.807) is 0 Å². The fraction of sp³-hybridized carbons (Fsp3) is 0.700. The maximum Gasteiger partial charge on any atom is 0.167 e. The molecular weight excluding hydrogens is 180 g/mol. The molecule has 2 nitrogen and oxygen atoms in total. The number of thioether (sulfide) groups is 1. The predicted molar refractivity (Wildman–Crippen MR) is 58.0 cm³/mol. The molecule has 0 saturated heterocycles. The smallest absolute Gasteiger partial charge is 0.167 e. The lowest BCUT2D eigenvalue weighted by Gasteiger charge is -2.16. The Bertz CT molecular complexity index is 260. The Labute approximate surface area is 84.7 Å². The van der Waals surface area contributed by atoms with Gasteiger partial charge in [-0.2, -0.15) is 0 Å². The molecule has 0 bridgehead atoms. The molecule has 1 rings (SSSR count). The van der Waals surface area contributed by atoms with E-state index in [-0.39, 0.29) is 0 Å². The van der Waals surface area contributed by atoms with E-state index < -0.39 is 0 Å². The van der Waals surface area contributed by atoms with Crippen molar-refractivity contribution in [2.24, 2.45) is 12.5 Å². The summed E-state index contributed by atoms with van der Waals surface area (Å²) < 4.78 is 2.06. The first-order valence-corrected chi connectivity index (χ1v) is 5.58. The Hall–Kier alpha value is -0.440. The van der Waals surface area contributed by atoms with E-state index in [1.165, 1.54) is 6.42 Å². The van der Waals surface area contributed by atoms with Crippen LogP contribution in [0, 0.1) is 5.41 Å². The van der Waals surface area contributed by atoms with Gasteiger partial charge in [0.15, 0.2) is 5.16 Å². The van der Waals surface area contributed by atoms with Gasteiger partial charge in [-0.05, 0) is 11.8 Å². The highest BCUT2D eigenvalue weighted by molar-refractivity contribution is 7.99. The molecule has 0 aliphatic rings. The van der Waals surface area contributed by atoms with Crippen LogP contribution < -0.4 is 0 Å². The van der Waals surface area contributed by atoms with Gasteiger partial charge in [-0.25, -0.2) is 4.98 Å². The number of nitrogens with zero attached hydrogens (tertiary/aromatic N) is 2. The van der Waals surface area contributed by atoms with E-state index in [0.29, 0.717) is 5.41 Å². The van der Waals surface area contributed by atoms with Crippen molar-refractivity contribution in [1.29, 1.82) is 0 Å². The van der Waals surface area contributed by atoms with Crippen molar-refractivity contribution in [2.75, 3.05) is 5.75 Å². The molecule has 0 aromatic carbocycles. The van der Waals surface area contributed by atoms with Crippen molar-refractivity contribution in [3.63, 3.8) is 0 Å². The summed E-state index contributed by atoms with van der Waals surface area (Å²) in [6, 6.07) is 0. The first-order valence-electron chi connectivity index (χ1n) is 4.59. The van der Waals surface area contributed by atoms with Gasteiger partial charge in [-0.15, -0.1) is 0 Å². The van der Waals surface area contributed by atoms with E-state index in [0.717, 1.165) is 10.9 Å². The van der Waals surface area contributed by atoms with Crippen molar-refractivity contribution in [3.05, 3.63) is 12.4 Å². The Morgan fingerprint density at radius 1 is 1.46 bits per heavy atom. The fourth-order valence-corrected chi connectivity index (χ4v) is 2.24. The maximum absolute atomic E-state index is 4.26. The van der Waals surface area contributed by atoms with Gasteiger partial charge in [0.25, 0.3) is 0 Å². The first kappa shape index (κ1) is 10.6. The van der Waals surface area contributed by atoms with Gasteiger partial charge in [0, 0.05) is 25.2 Å². The SMILES string of the molecule is Cn1ccnc1SCCC(C)(C)C. The third kappa shape index (κ3) is 3.85. The molecule has 1 aromatic heterocycles. The number of hydrogen-bond donors (Lipinski definition) is 0. The molecular formula is C10H18N2S. The van der Waals surface area contributed by atoms with E-state index in [9.17, 15) is 0 Å². The minimum absolute atomic E-state index is 0.429. The van der Waals surface area contributed by atoms with Crippen molar-refractivity contribution >= 4 is 11.8 Å². The normalized spacial score (nSPS) is 12.0. The molecule has 0 aliphatic carbocycles. The summed E-state index contributed by atoms with van der Waals surface area (Å²) >= 11 is 1.83. The largest absolute Gasteiger partial charge is 0.329 e. The molecule has 1 heterocycles. The number of rotatable bonds is 3. The molecule has 0 unspecified atom stereocenters. The van der Waals surface area contributed by atoms with E-state index >= 15 is 0 Å². The third-order valence-electron chi connectivity index (χ3n) is 1.86. The monoisotopic (exact) mass is 198 g/mol. The van der Waals surface area contributed by atoms with E-state index in [2.05, 4.69) is 30.3 Å². The lowest BCUT2D eigenvalue weighted by Crippen LogP contribution is -2.06. The zero-order valence-electron chi connectivity index (χ0n) is 8.87. The molecule has 13 heavy (non-hydrogen) atoms. The van der Waals surface area contributed by atoms with Crippen molar-refractivity contribution in [3.8, 4) is 0 Å². The first-order chi connectivity index (χ1) is 5.99. The Balaban J connectivity index is 2.32. The molecule has 0 saturated carbocycles. The fourth-order valence-electron chi connectivity index (χ4n) is 0.940. The topological polar surface area (TPSA) is 17.8 Å². The van der Waals surface area contributed by atoms with Crippen molar-refractivity contribution < 1.29 is 0 Å². The lowest BCUT2D eigenvalue weighted by molar-refractivity contribution is 0.401. The summed E-state index contributed by atoms with van der Waals surface area (Å²) in [5.41, 5.74) is 0.429. The van der Waals surface area contributed by atoms with Gasteiger partial charge in [0.1, 0.15) is 0 Å². The quantitative estimate of drug-likeness (QED) is 0.695. The Morgan fingerprint density at radius 2 is 2.15 bits per heavy atom. The molecule has 0 aliphatic heterocycles.